The minimum Gasteiger partial charge on any atom is -0.378 e. The van der Waals surface area contributed by atoms with E-state index in [4.69, 9.17) is 0 Å². The van der Waals surface area contributed by atoms with Crippen LogP contribution in [0.25, 0.3) is 0 Å². The molecular weight excluding hydrogens is 358 g/mol. The summed E-state index contributed by atoms with van der Waals surface area (Å²) in [5.41, 5.74) is 4.80. The van der Waals surface area contributed by atoms with Crippen molar-refractivity contribution in [3.8, 4) is 0 Å². The molecule has 2 rings (SSSR count). The van der Waals surface area contributed by atoms with Gasteiger partial charge in [0.15, 0.2) is 0 Å². The highest BCUT2D eigenvalue weighted by molar-refractivity contribution is 7.89. The van der Waals surface area contributed by atoms with Crippen molar-refractivity contribution in [1.29, 1.82) is 0 Å². The maximum Gasteiger partial charge on any atom is 0.241 e. The third kappa shape index (κ3) is 5.09. The van der Waals surface area contributed by atoms with Crippen molar-refractivity contribution >= 4 is 15.7 Å². The third-order valence-electron chi connectivity index (χ3n) is 4.76. The van der Waals surface area contributed by atoms with E-state index in [0.717, 1.165) is 27.9 Å². The first kappa shape index (κ1) is 21.4. The second kappa shape index (κ2) is 8.42. The van der Waals surface area contributed by atoms with Gasteiger partial charge in [0, 0.05) is 32.4 Å². The zero-order valence-corrected chi connectivity index (χ0v) is 18.2. The molecule has 0 heterocycles. The summed E-state index contributed by atoms with van der Waals surface area (Å²) in [6.45, 7) is 5.97. The SMILES string of the molecule is Cc1cc(C)c(S(=O)(=O)NCC(c2ccc(N(C)C)cc2)N(C)C)c(C)c1. The molecule has 0 saturated carbocycles. The lowest BCUT2D eigenvalue weighted by Gasteiger charge is -2.26. The summed E-state index contributed by atoms with van der Waals surface area (Å²) in [4.78, 5) is 4.45. The number of nitrogens with one attached hydrogen (secondary N) is 1. The molecule has 0 amide bonds. The van der Waals surface area contributed by atoms with Crippen molar-refractivity contribution in [2.75, 3.05) is 39.6 Å². The molecule has 148 valence electrons. The molecule has 0 radical (unpaired) electrons. The molecule has 1 atom stereocenters. The van der Waals surface area contributed by atoms with Crippen LogP contribution in [0.2, 0.25) is 0 Å². The highest BCUT2D eigenvalue weighted by Crippen LogP contribution is 2.24. The van der Waals surface area contributed by atoms with Crippen molar-refractivity contribution in [3.05, 3.63) is 58.7 Å². The number of hydrogen-bond acceptors (Lipinski definition) is 4. The molecule has 27 heavy (non-hydrogen) atoms. The number of hydrogen-bond donors (Lipinski definition) is 1. The molecule has 0 aliphatic carbocycles. The van der Waals surface area contributed by atoms with E-state index >= 15 is 0 Å². The Morgan fingerprint density at radius 1 is 0.926 bits per heavy atom. The summed E-state index contributed by atoms with van der Waals surface area (Å²) >= 11 is 0. The topological polar surface area (TPSA) is 52.7 Å². The van der Waals surface area contributed by atoms with Gasteiger partial charge in [-0.2, -0.15) is 0 Å². The second-order valence-electron chi connectivity index (χ2n) is 7.55. The smallest absolute Gasteiger partial charge is 0.241 e. The van der Waals surface area contributed by atoms with E-state index in [-0.39, 0.29) is 6.04 Å². The molecule has 0 aliphatic rings. The van der Waals surface area contributed by atoms with Crippen LogP contribution in [0.1, 0.15) is 28.3 Å². The quantitative estimate of drug-likeness (QED) is 0.790. The Hall–Kier alpha value is -1.89. The van der Waals surface area contributed by atoms with Gasteiger partial charge in [0.2, 0.25) is 10.0 Å². The van der Waals surface area contributed by atoms with E-state index in [2.05, 4.69) is 29.0 Å². The third-order valence-corrected chi connectivity index (χ3v) is 6.49. The first-order valence-corrected chi connectivity index (χ1v) is 10.5. The van der Waals surface area contributed by atoms with E-state index in [1.165, 1.54) is 0 Å². The number of benzene rings is 2. The molecule has 1 unspecified atom stereocenters. The van der Waals surface area contributed by atoms with Crippen molar-refractivity contribution in [2.24, 2.45) is 0 Å². The second-order valence-corrected chi connectivity index (χ2v) is 9.25. The Morgan fingerprint density at radius 2 is 1.44 bits per heavy atom. The normalized spacial score (nSPS) is 13.0. The van der Waals surface area contributed by atoms with E-state index in [0.29, 0.717) is 11.4 Å². The Labute approximate surface area is 164 Å². The average Bonchev–Trinajstić information content (AvgIpc) is 2.53. The number of aryl methyl sites for hydroxylation is 3. The molecule has 6 heteroatoms. The summed E-state index contributed by atoms with van der Waals surface area (Å²) in [5.74, 6) is 0. The first-order valence-electron chi connectivity index (χ1n) is 9.04. The summed E-state index contributed by atoms with van der Waals surface area (Å²) in [6.07, 6.45) is 0. The first-order chi connectivity index (χ1) is 12.5. The van der Waals surface area contributed by atoms with Gasteiger partial charge in [-0.3, -0.25) is 0 Å². The monoisotopic (exact) mass is 389 g/mol. The molecule has 2 aromatic carbocycles. The minimum absolute atomic E-state index is 0.0537. The van der Waals surface area contributed by atoms with Crippen LogP contribution in [0.15, 0.2) is 41.3 Å². The van der Waals surface area contributed by atoms with Gasteiger partial charge in [-0.05, 0) is 63.7 Å². The fourth-order valence-electron chi connectivity index (χ4n) is 3.44. The number of rotatable bonds is 7. The van der Waals surface area contributed by atoms with Gasteiger partial charge >= 0.3 is 0 Å². The Bertz CT molecular complexity index is 865. The Kier molecular flexibility index (Phi) is 6.68. The molecule has 0 aromatic heterocycles. The highest BCUT2D eigenvalue weighted by atomic mass is 32.2. The zero-order valence-electron chi connectivity index (χ0n) is 17.4. The fourth-order valence-corrected chi connectivity index (χ4v) is 4.93. The van der Waals surface area contributed by atoms with Gasteiger partial charge in [-0.15, -0.1) is 0 Å². The van der Waals surface area contributed by atoms with Crippen LogP contribution < -0.4 is 9.62 Å². The summed E-state index contributed by atoms with van der Waals surface area (Å²) in [5, 5.41) is 0. The molecule has 5 nitrogen and oxygen atoms in total. The van der Waals surface area contributed by atoms with Gasteiger partial charge in [-0.1, -0.05) is 29.8 Å². The fraction of sp³-hybridized carbons (Fsp3) is 0.429. The van der Waals surface area contributed by atoms with Gasteiger partial charge in [0.1, 0.15) is 0 Å². The van der Waals surface area contributed by atoms with E-state index < -0.39 is 10.0 Å². The number of sulfonamides is 1. The number of nitrogens with zero attached hydrogens (tertiary/aromatic N) is 2. The highest BCUT2D eigenvalue weighted by Gasteiger charge is 2.23. The van der Waals surface area contributed by atoms with Gasteiger partial charge in [-0.25, -0.2) is 13.1 Å². The van der Waals surface area contributed by atoms with Gasteiger partial charge < -0.3 is 9.80 Å². The zero-order chi connectivity index (χ0) is 20.4. The van der Waals surface area contributed by atoms with Crippen molar-refractivity contribution in [3.63, 3.8) is 0 Å². The molecule has 0 fully saturated rings. The lowest BCUT2D eigenvalue weighted by molar-refractivity contribution is 0.299. The van der Waals surface area contributed by atoms with Crippen LogP contribution in [-0.2, 0) is 10.0 Å². The maximum absolute atomic E-state index is 13.0. The van der Waals surface area contributed by atoms with E-state index in [1.54, 1.807) is 0 Å². The van der Waals surface area contributed by atoms with Gasteiger partial charge in [0.25, 0.3) is 0 Å². The van der Waals surface area contributed by atoms with E-state index in [1.807, 2.05) is 70.9 Å². The Morgan fingerprint density at radius 3 is 1.89 bits per heavy atom. The predicted octanol–water partition coefficient (Wildman–Crippen LogP) is 3.26. The molecule has 0 bridgehead atoms. The lowest BCUT2D eigenvalue weighted by atomic mass is 10.1. The van der Waals surface area contributed by atoms with Crippen LogP contribution in [-0.4, -0.2) is 48.1 Å². The summed E-state index contributed by atoms with van der Waals surface area (Å²) in [7, 11) is 4.34. The largest absolute Gasteiger partial charge is 0.378 e. The standard InChI is InChI=1S/C21H31N3O2S/c1-15-12-16(2)21(17(3)13-15)27(25,26)22-14-20(24(6)7)18-8-10-19(11-9-18)23(4)5/h8-13,20,22H,14H2,1-7H3. The summed E-state index contributed by atoms with van der Waals surface area (Å²) < 4.78 is 28.7. The van der Waals surface area contributed by atoms with Crippen molar-refractivity contribution < 1.29 is 8.42 Å². The van der Waals surface area contributed by atoms with Gasteiger partial charge in [0.05, 0.1) is 4.90 Å². The molecule has 1 N–H and O–H groups in total. The van der Waals surface area contributed by atoms with Crippen LogP contribution in [0.4, 0.5) is 5.69 Å². The minimum atomic E-state index is -3.58. The van der Waals surface area contributed by atoms with Crippen LogP contribution in [0.3, 0.4) is 0 Å². The van der Waals surface area contributed by atoms with E-state index in [9.17, 15) is 8.42 Å². The Balaban J connectivity index is 2.25. The maximum atomic E-state index is 13.0. The molecular formula is C21H31N3O2S. The average molecular weight is 390 g/mol. The number of likely N-dealkylation sites (N-methyl/N-ethyl adjacent to an activating group) is 1. The molecule has 0 aliphatic heterocycles. The van der Waals surface area contributed by atoms with Crippen LogP contribution in [0.5, 0.6) is 0 Å². The predicted molar refractivity (Wildman–Crippen MR) is 113 cm³/mol. The molecule has 2 aromatic rings. The molecule has 0 spiro atoms. The summed E-state index contributed by atoms with van der Waals surface area (Å²) in [6, 6.07) is 12.0. The van der Waals surface area contributed by atoms with Crippen molar-refractivity contribution in [2.45, 2.75) is 31.7 Å². The lowest BCUT2D eigenvalue weighted by Crippen LogP contribution is -2.35. The van der Waals surface area contributed by atoms with Crippen LogP contribution in [0, 0.1) is 20.8 Å². The van der Waals surface area contributed by atoms with Crippen LogP contribution >= 0.6 is 0 Å². The van der Waals surface area contributed by atoms with Crippen molar-refractivity contribution in [1.82, 2.24) is 9.62 Å². The number of anilines is 1. The molecule has 0 saturated heterocycles.